The van der Waals surface area contributed by atoms with E-state index in [1.165, 1.54) is 14.2 Å². The molecule has 0 aromatic carbocycles. The first-order chi connectivity index (χ1) is 7.65. The van der Waals surface area contributed by atoms with Crippen molar-refractivity contribution in [2.24, 2.45) is 10.9 Å². The first-order valence-corrected chi connectivity index (χ1v) is 5.07. The second kappa shape index (κ2) is 8.70. The summed E-state index contributed by atoms with van der Waals surface area (Å²) in [6.45, 7) is 0. The lowest BCUT2D eigenvalue weighted by atomic mass is 10.1. The second-order valence-corrected chi connectivity index (χ2v) is 3.20. The predicted molar refractivity (Wildman–Crippen MR) is 58.7 cm³/mol. The minimum absolute atomic E-state index is 0.222. The molecule has 0 aromatic heterocycles. The summed E-state index contributed by atoms with van der Waals surface area (Å²) in [6, 6.07) is 0. The van der Waals surface area contributed by atoms with E-state index in [-0.39, 0.29) is 11.7 Å². The van der Waals surface area contributed by atoms with Gasteiger partial charge in [0, 0.05) is 6.42 Å². The van der Waals surface area contributed by atoms with Crippen molar-refractivity contribution < 1.29 is 19.1 Å². The monoisotopic (exact) mass is 230 g/mol. The molecule has 0 aromatic rings. The van der Waals surface area contributed by atoms with Gasteiger partial charge in [-0.3, -0.25) is 4.79 Å². The van der Waals surface area contributed by atoms with E-state index in [4.69, 9.17) is 5.84 Å². The van der Waals surface area contributed by atoms with Crippen LogP contribution in [0.5, 0.6) is 0 Å². The van der Waals surface area contributed by atoms with E-state index in [1.54, 1.807) is 0 Å². The fourth-order valence-corrected chi connectivity index (χ4v) is 1.18. The number of carbonyl (C=O) groups excluding carboxylic acids is 2. The smallest absolute Gasteiger partial charge is 0.354 e. The van der Waals surface area contributed by atoms with Gasteiger partial charge in [-0.05, 0) is 19.3 Å². The maximum absolute atomic E-state index is 11.1. The fourth-order valence-electron chi connectivity index (χ4n) is 1.18. The summed E-state index contributed by atoms with van der Waals surface area (Å²) in [5.74, 6) is 4.32. The van der Waals surface area contributed by atoms with Crippen molar-refractivity contribution in [1.82, 2.24) is 0 Å². The van der Waals surface area contributed by atoms with E-state index in [0.29, 0.717) is 12.8 Å². The normalized spacial score (nSPS) is 11.0. The van der Waals surface area contributed by atoms with Crippen LogP contribution in [0.1, 0.15) is 32.1 Å². The summed E-state index contributed by atoms with van der Waals surface area (Å²) in [5, 5.41) is 3.36. The zero-order valence-electron chi connectivity index (χ0n) is 9.69. The summed E-state index contributed by atoms with van der Waals surface area (Å²) < 4.78 is 8.99. The molecule has 0 aliphatic rings. The molecule has 0 bridgehead atoms. The molecule has 0 amide bonds. The molecule has 16 heavy (non-hydrogen) atoms. The molecule has 0 atom stereocenters. The summed E-state index contributed by atoms with van der Waals surface area (Å²) in [5.41, 5.74) is 0.223. The number of rotatable bonds is 7. The first kappa shape index (κ1) is 14.4. The molecule has 0 saturated heterocycles. The van der Waals surface area contributed by atoms with Crippen LogP contribution in [0.25, 0.3) is 0 Å². The van der Waals surface area contributed by atoms with Crippen molar-refractivity contribution in [3.8, 4) is 0 Å². The number of hydrogen-bond donors (Lipinski definition) is 1. The minimum atomic E-state index is -0.504. The van der Waals surface area contributed by atoms with Crippen molar-refractivity contribution in [2.75, 3.05) is 14.2 Å². The van der Waals surface area contributed by atoms with Crippen LogP contribution >= 0.6 is 0 Å². The average molecular weight is 230 g/mol. The van der Waals surface area contributed by atoms with Crippen LogP contribution in [-0.2, 0) is 19.1 Å². The van der Waals surface area contributed by atoms with Crippen LogP contribution in [-0.4, -0.2) is 31.9 Å². The molecule has 0 heterocycles. The average Bonchev–Trinajstić information content (AvgIpc) is 2.32. The standard InChI is InChI=1S/C10H18N2O4/c1-15-9(13)7-5-3-4-6-8(12-11)10(14)16-2/h3-7,11H2,1-2H3. The number of carbonyl (C=O) groups is 2. The number of methoxy groups -OCH3 is 2. The van der Waals surface area contributed by atoms with Crippen LogP contribution in [0.4, 0.5) is 0 Å². The topological polar surface area (TPSA) is 91.0 Å². The lowest BCUT2D eigenvalue weighted by Crippen LogP contribution is -2.17. The van der Waals surface area contributed by atoms with Crippen LogP contribution < -0.4 is 5.84 Å². The van der Waals surface area contributed by atoms with Gasteiger partial charge in [-0.2, -0.15) is 5.10 Å². The van der Waals surface area contributed by atoms with Gasteiger partial charge in [-0.25, -0.2) is 4.79 Å². The summed E-state index contributed by atoms with van der Waals surface area (Å²) in [7, 11) is 2.64. The lowest BCUT2D eigenvalue weighted by Gasteiger charge is -2.02. The molecule has 0 fully saturated rings. The van der Waals surface area contributed by atoms with Gasteiger partial charge in [0.15, 0.2) is 0 Å². The Balaban J connectivity index is 3.65. The Labute approximate surface area is 94.8 Å². The Morgan fingerprint density at radius 3 is 2.19 bits per heavy atom. The van der Waals surface area contributed by atoms with E-state index < -0.39 is 5.97 Å². The second-order valence-electron chi connectivity index (χ2n) is 3.20. The molecular weight excluding hydrogens is 212 g/mol. The van der Waals surface area contributed by atoms with Gasteiger partial charge < -0.3 is 15.3 Å². The Morgan fingerprint density at radius 2 is 1.69 bits per heavy atom. The Morgan fingerprint density at radius 1 is 1.06 bits per heavy atom. The molecule has 2 N–H and O–H groups in total. The molecule has 6 heteroatoms. The highest BCUT2D eigenvalue weighted by Gasteiger charge is 2.10. The molecular formula is C10H18N2O4. The van der Waals surface area contributed by atoms with Gasteiger partial charge in [0.1, 0.15) is 5.71 Å². The van der Waals surface area contributed by atoms with Gasteiger partial charge in [-0.15, -0.1) is 0 Å². The SMILES string of the molecule is COC(=O)CCCCCC(=NN)C(=O)OC. The summed E-state index contributed by atoms with van der Waals surface area (Å²) in [6.07, 6.45) is 3.13. The molecule has 0 aliphatic heterocycles. The maximum atomic E-state index is 11.1. The van der Waals surface area contributed by atoms with Crippen LogP contribution in [0.3, 0.4) is 0 Å². The first-order valence-electron chi connectivity index (χ1n) is 5.07. The van der Waals surface area contributed by atoms with E-state index >= 15 is 0 Å². The number of ether oxygens (including phenoxy) is 2. The number of hydrazone groups is 1. The van der Waals surface area contributed by atoms with Gasteiger partial charge in [0.2, 0.25) is 0 Å². The van der Waals surface area contributed by atoms with E-state index in [1.807, 2.05) is 0 Å². The Hall–Kier alpha value is -1.59. The zero-order valence-corrected chi connectivity index (χ0v) is 9.69. The number of esters is 2. The van der Waals surface area contributed by atoms with E-state index in [9.17, 15) is 9.59 Å². The number of hydrogen-bond acceptors (Lipinski definition) is 6. The molecule has 0 rings (SSSR count). The van der Waals surface area contributed by atoms with E-state index in [2.05, 4.69) is 14.6 Å². The third-order valence-corrected chi connectivity index (χ3v) is 2.10. The summed E-state index contributed by atoms with van der Waals surface area (Å²) in [4.78, 5) is 21.8. The van der Waals surface area contributed by atoms with Crippen molar-refractivity contribution in [3.63, 3.8) is 0 Å². The molecule has 0 radical (unpaired) electrons. The minimum Gasteiger partial charge on any atom is -0.469 e. The fraction of sp³-hybridized carbons (Fsp3) is 0.700. The van der Waals surface area contributed by atoms with Crippen molar-refractivity contribution >= 4 is 17.7 Å². The van der Waals surface area contributed by atoms with Gasteiger partial charge in [-0.1, -0.05) is 6.42 Å². The number of nitrogens with two attached hydrogens (primary N) is 1. The molecule has 0 spiro atoms. The quantitative estimate of drug-likeness (QED) is 0.227. The lowest BCUT2D eigenvalue weighted by molar-refractivity contribution is -0.140. The molecule has 92 valence electrons. The number of nitrogens with zero attached hydrogens (tertiary/aromatic N) is 1. The van der Waals surface area contributed by atoms with Crippen LogP contribution in [0.2, 0.25) is 0 Å². The van der Waals surface area contributed by atoms with Gasteiger partial charge in [0.05, 0.1) is 14.2 Å². The van der Waals surface area contributed by atoms with Crippen molar-refractivity contribution in [3.05, 3.63) is 0 Å². The third-order valence-electron chi connectivity index (χ3n) is 2.10. The highest BCUT2D eigenvalue weighted by molar-refractivity contribution is 6.36. The molecule has 0 aliphatic carbocycles. The van der Waals surface area contributed by atoms with Crippen LogP contribution in [0, 0.1) is 0 Å². The largest absolute Gasteiger partial charge is 0.469 e. The highest BCUT2D eigenvalue weighted by atomic mass is 16.5. The Bertz CT molecular complexity index is 264. The molecule has 6 nitrogen and oxygen atoms in total. The van der Waals surface area contributed by atoms with Gasteiger partial charge in [0.25, 0.3) is 0 Å². The van der Waals surface area contributed by atoms with Crippen molar-refractivity contribution in [1.29, 1.82) is 0 Å². The van der Waals surface area contributed by atoms with Gasteiger partial charge >= 0.3 is 11.9 Å². The van der Waals surface area contributed by atoms with Crippen LogP contribution in [0.15, 0.2) is 5.10 Å². The van der Waals surface area contributed by atoms with Crippen molar-refractivity contribution in [2.45, 2.75) is 32.1 Å². The molecule has 0 saturated carbocycles. The third kappa shape index (κ3) is 6.00. The Kier molecular flexibility index (Phi) is 7.83. The zero-order chi connectivity index (χ0) is 12.4. The summed E-state index contributed by atoms with van der Waals surface area (Å²) >= 11 is 0. The maximum Gasteiger partial charge on any atom is 0.354 e. The molecule has 0 unspecified atom stereocenters. The number of unbranched alkanes of at least 4 members (excludes halogenated alkanes) is 2. The highest BCUT2D eigenvalue weighted by Crippen LogP contribution is 2.05. The predicted octanol–water partition coefficient (Wildman–Crippen LogP) is 0.598. The van der Waals surface area contributed by atoms with E-state index in [0.717, 1.165) is 19.3 Å².